The van der Waals surface area contributed by atoms with Crippen LogP contribution in [0.3, 0.4) is 0 Å². The molecule has 1 aliphatic carbocycles. The van der Waals surface area contributed by atoms with E-state index in [9.17, 15) is 5.11 Å². The van der Waals surface area contributed by atoms with Crippen LogP contribution in [-0.4, -0.2) is 58.5 Å². The normalized spacial score (nSPS) is 20.4. The number of fused-ring (bicyclic) bond motifs is 1. The average Bonchev–Trinajstić information content (AvgIpc) is 3.32. The van der Waals surface area contributed by atoms with Gasteiger partial charge in [0, 0.05) is 43.2 Å². The number of morpholine rings is 1. The Kier molecular flexibility index (Phi) is 6.67. The van der Waals surface area contributed by atoms with Crippen molar-refractivity contribution in [2.24, 2.45) is 0 Å². The van der Waals surface area contributed by atoms with Crippen LogP contribution in [0.25, 0.3) is 21.5 Å². The summed E-state index contributed by atoms with van der Waals surface area (Å²) in [5, 5.41) is 14.6. The fourth-order valence-electron chi connectivity index (χ4n) is 4.78. The van der Waals surface area contributed by atoms with Crippen LogP contribution in [0.5, 0.6) is 11.5 Å². The highest BCUT2D eigenvalue weighted by atomic mass is 32.1. The Morgan fingerprint density at radius 2 is 1.81 bits per heavy atom. The van der Waals surface area contributed by atoms with Crippen LogP contribution in [0.4, 0.5) is 10.9 Å². The second kappa shape index (κ2) is 10.4. The number of hydrogen-bond acceptors (Lipinski definition) is 9. The molecule has 1 saturated carbocycles. The lowest BCUT2D eigenvalue weighted by atomic mass is 9.93. The van der Waals surface area contributed by atoms with Crippen LogP contribution in [0, 0.1) is 0 Å². The van der Waals surface area contributed by atoms with Crippen LogP contribution in [0.2, 0.25) is 0 Å². The Balaban J connectivity index is 1.18. The molecule has 2 fully saturated rings. The first-order valence-corrected chi connectivity index (χ1v) is 13.3. The van der Waals surface area contributed by atoms with Gasteiger partial charge in [-0.15, -0.1) is 0 Å². The summed E-state index contributed by atoms with van der Waals surface area (Å²) in [6, 6.07) is 13.8. The van der Waals surface area contributed by atoms with Gasteiger partial charge in [0.1, 0.15) is 17.3 Å². The number of thiazole rings is 1. The molecular weight excluding hydrogens is 474 g/mol. The second-order valence-electron chi connectivity index (χ2n) is 9.23. The van der Waals surface area contributed by atoms with E-state index in [2.05, 4.69) is 26.3 Å². The highest BCUT2D eigenvalue weighted by Crippen LogP contribution is 2.33. The number of benzene rings is 1. The molecule has 0 radical (unpaired) electrons. The zero-order chi connectivity index (χ0) is 24.3. The predicted octanol–water partition coefficient (Wildman–Crippen LogP) is 5.10. The summed E-state index contributed by atoms with van der Waals surface area (Å²) in [6.45, 7) is 3.12. The zero-order valence-electron chi connectivity index (χ0n) is 20.0. The Morgan fingerprint density at radius 3 is 2.69 bits per heavy atom. The van der Waals surface area contributed by atoms with Gasteiger partial charge in [-0.1, -0.05) is 24.2 Å². The average molecular weight is 504 g/mol. The Morgan fingerprint density at radius 1 is 0.972 bits per heavy atom. The maximum absolute atomic E-state index is 10.3. The summed E-state index contributed by atoms with van der Waals surface area (Å²) in [7, 11) is 0. The number of ether oxygens (including phenoxy) is 2. The largest absolute Gasteiger partial charge is 0.457 e. The third-order valence-electron chi connectivity index (χ3n) is 6.74. The summed E-state index contributed by atoms with van der Waals surface area (Å²) >= 11 is 1.59. The lowest BCUT2D eigenvalue weighted by molar-refractivity contribution is 0.116. The van der Waals surface area contributed by atoms with E-state index in [-0.39, 0.29) is 12.1 Å². The Labute approximate surface area is 213 Å². The van der Waals surface area contributed by atoms with Crippen molar-refractivity contribution in [2.75, 3.05) is 36.5 Å². The van der Waals surface area contributed by atoms with E-state index >= 15 is 0 Å². The summed E-state index contributed by atoms with van der Waals surface area (Å²) in [5.74, 6) is 2.40. The number of aromatic nitrogens is 3. The molecule has 1 aromatic carbocycles. The van der Waals surface area contributed by atoms with Crippen LogP contribution in [-0.2, 0) is 4.74 Å². The van der Waals surface area contributed by atoms with Gasteiger partial charge in [0.05, 0.1) is 41.3 Å². The summed E-state index contributed by atoms with van der Waals surface area (Å²) in [4.78, 5) is 16.0. The first-order chi connectivity index (χ1) is 17.7. The first kappa shape index (κ1) is 23.1. The maximum Gasteiger partial charge on any atom is 0.184 e. The molecule has 8 nitrogen and oxygen atoms in total. The standard InChI is InChI=1S/C27H29N5O3S/c33-24-4-2-1-3-21(24)30-27-31-22-6-5-19(17-25(22)36-27)35-20-8-10-28-23(16-20)18-7-9-29-26(15-18)32-11-13-34-14-12-32/h5-10,15-17,21,24,33H,1-4,11-14H2,(H,30,31)/t21-,24-/m1/s1. The number of pyridine rings is 2. The van der Waals surface area contributed by atoms with Gasteiger partial charge < -0.3 is 24.8 Å². The summed E-state index contributed by atoms with van der Waals surface area (Å²) in [6.07, 6.45) is 7.33. The van der Waals surface area contributed by atoms with E-state index < -0.39 is 0 Å². The molecule has 6 rings (SSSR count). The minimum atomic E-state index is -0.309. The number of nitrogens with one attached hydrogen (secondary N) is 1. The molecule has 2 atom stereocenters. The molecule has 4 heterocycles. The summed E-state index contributed by atoms with van der Waals surface area (Å²) in [5.41, 5.74) is 2.75. The smallest absolute Gasteiger partial charge is 0.184 e. The maximum atomic E-state index is 10.3. The van der Waals surface area contributed by atoms with Crippen LogP contribution in [0.1, 0.15) is 25.7 Å². The zero-order valence-corrected chi connectivity index (χ0v) is 20.8. The monoisotopic (exact) mass is 503 g/mol. The number of nitrogens with zero attached hydrogens (tertiary/aromatic N) is 4. The van der Waals surface area contributed by atoms with Gasteiger partial charge >= 0.3 is 0 Å². The van der Waals surface area contributed by atoms with Crippen molar-refractivity contribution in [3.05, 3.63) is 54.9 Å². The van der Waals surface area contributed by atoms with Crippen molar-refractivity contribution in [2.45, 2.75) is 37.8 Å². The van der Waals surface area contributed by atoms with E-state index in [4.69, 9.17) is 14.5 Å². The van der Waals surface area contributed by atoms with Gasteiger partial charge in [0.25, 0.3) is 0 Å². The van der Waals surface area contributed by atoms with E-state index in [1.807, 2.05) is 42.6 Å². The van der Waals surface area contributed by atoms with Gasteiger partial charge in [-0.2, -0.15) is 0 Å². The van der Waals surface area contributed by atoms with Crippen molar-refractivity contribution in [1.82, 2.24) is 15.0 Å². The van der Waals surface area contributed by atoms with Crippen molar-refractivity contribution in [3.8, 4) is 22.8 Å². The second-order valence-corrected chi connectivity index (χ2v) is 10.3. The predicted molar refractivity (Wildman–Crippen MR) is 142 cm³/mol. The molecule has 0 amide bonds. The molecule has 1 aliphatic heterocycles. The van der Waals surface area contributed by atoms with Crippen molar-refractivity contribution < 1.29 is 14.6 Å². The van der Waals surface area contributed by atoms with Gasteiger partial charge in [-0.3, -0.25) is 4.98 Å². The highest BCUT2D eigenvalue weighted by Gasteiger charge is 2.23. The quantitative estimate of drug-likeness (QED) is 0.376. The van der Waals surface area contributed by atoms with Gasteiger partial charge in [-0.25, -0.2) is 9.97 Å². The third kappa shape index (κ3) is 5.13. The molecule has 0 spiro atoms. The lowest BCUT2D eigenvalue weighted by Crippen LogP contribution is -2.36. The number of anilines is 2. The van der Waals surface area contributed by atoms with Crippen LogP contribution in [0.15, 0.2) is 54.9 Å². The fraction of sp³-hybridized carbons (Fsp3) is 0.370. The number of hydrogen-bond donors (Lipinski definition) is 2. The Bertz CT molecular complexity index is 1340. The van der Waals surface area contributed by atoms with Crippen molar-refractivity contribution in [1.29, 1.82) is 0 Å². The van der Waals surface area contributed by atoms with E-state index in [0.717, 1.165) is 95.9 Å². The topological polar surface area (TPSA) is 92.6 Å². The lowest BCUT2D eigenvalue weighted by Gasteiger charge is -2.28. The van der Waals surface area contributed by atoms with Gasteiger partial charge in [-0.05, 0) is 43.2 Å². The number of rotatable bonds is 6. The minimum absolute atomic E-state index is 0.0715. The van der Waals surface area contributed by atoms with Crippen LogP contribution < -0.4 is 15.0 Å². The van der Waals surface area contributed by atoms with E-state index in [1.165, 1.54) is 0 Å². The molecular formula is C27H29N5O3S. The van der Waals surface area contributed by atoms with Crippen molar-refractivity contribution >= 4 is 32.5 Å². The third-order valence-corrected chi connectivity index (χ3v) is 7.69. The number of aliphatic hydroxyl groups excluding tert-OH is 1. The van der Waals surface area contributed by atoms with Crippen molar-refractivity contribution in [3.63, 3.8) is 0 Å². The molecule has 0 bridgehead atoms. The minimum Gasteiger partial charge on any atom is -0.457 e. The van der Waals surface area contributed by atoms with Gasteiger partial charge in [0.2, 0.25) is 0 Å². The molecule has 9 heteroatoms. The molecule has 4 aromatic rings. The summed E-state index contributed by atoms with van der Waals surface area (Å²) < 4.78 is 12.7. The fourth-order valence-corrected chi connectivity index (χ4v) is 5.74. The molecule has 2 N–H and O–H groups in total. The molecule has 3 aromatic heterocycles. The van der Waals surface area contributed by atoms with Crippen LogP contribution >= 0.6 is 11.3 Å². The molecule has 1 saturated heterocycles. The van der Waals surface area contributed by atoms with E-state index in [0.29, 0.717) is 0 Å². The molecule has 0 unspecified atom stereocenters. The first-order valence-electron chi connectivity index (χ1n) is 12.5. The Hall–Kier alpha value is -3.27. The molecule has 186 valence electrons. The molecule has 2 aliphatic rings. The SMILES string of the molecule is O[C@@H]1CCCC[C@H]1Nc1nc2ccc(Oc3ccnc(-c4ccnc(N5CCOCC5)c4)c3)cc2s1. The van der Waals surface area contributed by atoms with E-state index in [1.54, 1.807) is 17.5 Å². The van der Waals surface area contributed by atoms with Gasteiger partial charge in [0.15, 0.2) is 5.13 Å². The number of aliphatic hydroxyl groups is 1. The molecule has 36 heavy (non-hydrogen) atoms. The highest BCUT2D eigenvalue weighted by molar-refractivity contribution is 7.22.